The molecule has 30 heavy (non-hydrogen) atoms. The Kier molecular flexibility index (Phi) is 6.50. The highest BCUT2D eigenvalue weighted by atomic mass is 16.5. The predicted octanol–water partition coefficient (Wildman–Crippen LogP) is 4.01. The standard InChI is InChI=1S/C23H29N5O2/c1-15(14-30-2)10-21-25-13-20-22(28-21)19(16-5-7-18(29)8-6-16)12-26-23(20)27-17-4-3-9-24-11-17/h3-4,9,11-13,15-16,18,29H,5-8,10,14H2,1-2H3,(H,26,27)/t15-,16?,18?/m1/s1. The normalized spacial score (nSPS) is 20.2. The van der Waals surface area contributed by atoms with Crippen molar-refractivity contribution in [1.29, 1.82) is 0 Å². The number of rotatable bonds is 7. The molecule has 2 N–H and O–H groups in total. The molecule has 1 aliphatic carbocycles. The number of nitrogens with zero attached hydrogens (tertiary/aromatic N) is 4. The van der Waals surface area contributed by atoms with Crippen molar-refractivity contribution in [2.24, 2.45) is 5.92 Å². The molecule has 0 aromatic carbocycles. The highest BCUT2D eigenvalue weighted by Gasteiger charge is 2.24. The van der Waals surface area contributed by atoms with Crippen LogP contribution >= 0.6 is 0 Å². The molecule has 0 amide bonds. The van der Waals surface area contributed by atoms with Crippen LogP contribution in [0.1, 0.15) is 49.9 Å². The number of fused-ring (bicyclic) bond motifs is 1. The van der Waals surface area contributed by atoms with Crippen LogP contribution in [0.4, 0.5) is 11.5 Å². The summed E-state index contributed by atoms with van der Waals surface area (Å²) in [4.78, 5) is 18.5. The van der Waals surface area contributed by atoms with Crippen LogP contribution in [-0.2, 0) is 11.2 Å². The van der Waals surface area contributed by atoms with Gasteiger partial charge in [0.25, 0.3) is 0 Å². The zero-order chi connectivity index (χ0) is 20.9. The summed E-state index contributed by atoms with van der Waals surface area (Å²) in [7, 11) is 1.72. The maximum absolute atomic E-state index is 9.92. The van der Waals surface area contributed by atoms with E-state index in [2.05, 4.69) is 22.2 Å². The molecule has 158 valence electrons. The van der Waals surface area contributed by atoms with Crippen LogP contribution in [0.25, 0.3) is 10.9 Å². The zero-order valence-electron chi connectivity index (χ0n) is 17.6. The van der Waals surface area contributed by atoms with Gasteiger partial charge in [0.2, 0.25) is 0 Å². The third-order valence-electron chi connectivity index (χ3n) is 5.74. The van der Waals surface area contributed by atoms with Crippen LogP contribution in [0.3, 0.4) is 0 Å². The van der Waals surface area contributed by atoms with E-state index in [-0.39, 0.29) is 6.10 Å². The molecule has 3 aromatic rings. The molecule has 1 fully saturated rings. The van der Waals surface area contributed by atoms with Gasteiger partial charge in [-0.25, -0.2) is 15.0 Å². The molecule has 3 heterocycles. The van der Waals surface area contributed by atoms with Crippen molar-refractivity contribution in [2.45, 2.75) is 51.0 Å². The van der Waals surface area contributed by atoms with E-state index in [9.17, 15) is 5.11 Å². The Hall–Kier alpha value is -2.64. The Morgan fingerprint density at radius 3 is 2.73 bits per heavy atom. The average molecular weight is 408 g/mol. The molecule has 7 nitrogen and oxygen atoms in total. The number of nitrogens with one attached hydrogen (secondary N) is 1. The lowest BCUT2D eigenvalue weighted by atomic mass is 9.82. The summed E-state index contributed by atoms with van der Waals surface area (Å²) in [6, 6.07) is 3.84. The van der Waals surface area contributed by atoms with Crippen LogP contribution in [0.15, 0.2) is 36.9 Å². The Morgan fingerprint density at radius 2 is 2.00 bits per heavy atom. The smallest absolute Gasteiger partial charge is 0.141 e. The van der Waals surface area contributed by atoms with Gasteiger partial charge in [0.05, 0.1) is 28.9 Å². The molecule has 0 aliphatic heterocycles. The summed E-state index contributed by atoms with van der Waals surface area (Å²) in [5.41, 5.74) is 2.97. The van der Waals surface area contributed by atoms with Crippen molar-refractivity contribution in [3.63, 3.8) is 0 Å². The molecule has 3 aromatic heterocycles. The van der Waals surface area contributed by atoms with E-state index < -0.39 is 0 Å². The fourth-order valence-electron chi connectivity index (χ4n) is 4.19. The number of aliphatic hydroxyl groups is 1. The molecule has 0 bridgehead atoms. The van der Waals surface area contributed by atoms with Crippen molar-refractivity contribution >= 4 is 22.4 Å². The highest BCUT2D eigenvalue weighted by molar-refractivity contribution is 5.92. The third kappa shape index (κ3) is 4.74. The van der Waals surface area contributed by atoms with Gasteiger partial charge >= 0.3 is 0 Å². The average Bonchev–Trinajstić information content (AvgIpc) is 2.75. The van der Waals surface area contributed by atoms with E-state index >= 15 is 0 Å². The van der Waals surface area contributed by atoms with Gasteiger partial charge in [0, 0.05) is 44.3 Å². The SMILES string of the molecule is COC[C@H](C)Cc1ncc2c(Nc3cccnc3)ncc(C3CCC(O)CC3)c2n1. The van der Waals surface area contributed by atoms with E-state index in [0.29, 0.717) is 18.4 Å². The summed E-state index contributed by atoms with van der Waals surface area (Å²) in [6.45, 7) is 2.82. The van der Waals surface area contributed by atoms with E-state index in [4.69, 9.17) is 14.7 Å². The molecular formula is C23H29N5O2. The number of anilines is 2. The molecule has 7 heteroatoms. The van der Waals surface area contributed by atoms with Gasteiger partial charge in [-0.1, -0.05) is 6.92 Å². The number of hydrogen-bond donors (Lipinski definition) is 2. The van der Waals surface area contributed by atoms with Crippen molar-refractivity contribution in [2.75, 3.05) is 19.0 Å². The van der Waals surface area contributed by atoms with Crippen LogP contribution in [0.5, 0.6) is 0 Å². The summed E-state index contributed by atoms with van der Waals surface area (Å²) >= 11 is 0. The second-order valence-corrected chi connectivity index (χ2v) is 8.25. The van der Waals surface area contributed by atoms with Crippen molar-refractivity contribution < 1.29 is 9.84 Å². The number of hydrogen-bond acceptors (Lipinski definition) is 7. The Bertz CT molecular complexity index is 974. The highest BCUT2D eigenvalue weighted by Crippen LogP contribution is 2.37. The van der Waals surface area contributed by atoms with Gasteiger partial charge in [-0.15, -0.1) is 0 Å². The minimum atomic E-state index is -0.188. The summed E-state index contributed by atoms with van der Waals surface area (Å²) < 4.78 is 5.27. The van der Waals surface area contributed by atoms with Gasteiger partial charge in [-0.05, 0) is 49.7 Å². The molecule has 0 unspecified atom stereocenters. The number of aliphatic hydroxyl groups excluding tert-OH is 1. The lowest BCUT2D eigenvalue weighted by Crippen LogP contribution is -2.18. The number of aromatic nitrogens is 4. The van der Waals surface area contributed by atoms with Crippen LogP contribution in [0.2, 0.25) is 0 Å². The minimum absolute atomic E-state index is 0.188. The second kappa shape index (κ2) is 9.45. The molecule has 1 aliphatic rings. The first-order valence-electron chi connectivity index (χ1n) is 10.6. The minimum Gasteiger partial charge on any atom is -0.393 e. The van der Waals surface area contributed by atoms with E-state index in [0.717, 1.165) is 65.9 Å². The predicted molar refractivity (Wildman–Crippen MR) is 117 cm³/mol. The lowest BCUT2D eigenvalue weighted by molar-refractivity contribution is 0.122. The van der Waals surface area contributed by atoms with E-state index in [1.807, 2.05) is 24.5 Å². The Labute approximate surface area is 177 Å². The Morgan fingerprint density at radius 1 is 1.17 bits per heavy atom. The third-order valence-corrected chi connectivity index (χ3v) is 5.74. The quantitative estimate of drug-likeness (QED) is 0.611. The second-order valence-electron chi connectivity index (χ2n) is 8.25. The summed E-state index contributed by atoms with van der Waals surface area (Å²) in [5, 5.41) is 14.2. The monoisotopic (exact) mass is 407 g/mol. The molecule has 1 atom stereocenters. The largest absolute Gasteiger partial charge is 0.393 e. The number of pyridine rings is 2. The fourth-order valence-corrected chi connectivity index (χ4v) is 4.19. The Balaban J connectivity index is 1.72. The zero-order valence-corrected chi connectivity index (χ0v) is 17.6. The molecule has 0 spiro atoms. The number of methoxy groups -OCH3 is 1. The van der Waals surface area contributed by atoms with Gasteiger partial charge in [-0.2, -0.15) is 0 Å². The molecule has 1 saturated carbocycles. The van der Waals surface area contributed by atoms with Crippen LogP contribution < -0.4 is 5.32 Å². The van der Waals surface area contributed by atoms with Crippen molar-refractivity contribution in [1.82, 2.24) is 19.9 Å². The van der Waals surface area contributed by atoms with Crippen molar-refractivity contribution in [3.05, 3.63) is 48.3 Å². The summed E-state index contributed by atoms with van der Waals surface area (Å²) in [6.07, 6.45) is 11.5. The van der Waals surface area contributed by atoms with Gasteiger partial charge < -0.3 is 15.2 Å². The molecule has 0 radical (unpaired) electrons. The lowest BCUT2D eigenvalue weighted by Gasteiger charge is -2.26. The van der Waals surface area contributed by atoms with Crippen LogP contribution in [-0.4, -0.2) is 44.9 Å². The maximum atomic E-state index is 9.92. The van der Waals surface area contributed by atoms with Gasteiger partial charge in [0.15, 0.2) is 0 Å². The fraction of sp³-hybridized carbons (Fsp3) is 0.478. The first-order chi connectivity index (χ1) is 14.6. The number of ether oxygens (including phenoxy) is 1. The maximum Gasteiger partial charge on any atom is 0.141 e. The van der Waals surface area contributed by atoms with E-state index in [1.54, 1.807) is 19.5 Å². The van der Waals surface area contributed by atoms with Crippen molar-refractivity contribution in [3.8, 4) is 0 Å². The first-order valence-corrected chi connectivity index (χ1v) is 10.6. The summed E-state index contributed by atoms with van der Waals surface area (Å²) in [5.74, 6) is 2.25. The molecular weight excluding hydrogens is 378 g/mol. The molecule has 0 saturated heterocycles. The topological polar surface area (TPSA) is 93.0 Å². The van der Waals surface area contributed by atoms with Gasteiger partial charge in [0.1, 0.15) is 11.6 Å². The van der Waals surface area contributed by atoms with Crippen LogP contribution in [0, 0.1) is 5.92 Å². The molecule has 4 rings (SSSR count). The first kappa shape index (κ1) is 20.6. The van der Waals surface area contributed by atoms with E-state index in [1.165, 1.54) is 0 Å². The van der Waals surface area contributed by atoms with Gasteiger partial charge in [-0.3, -0.25) is 4.98 Å².